The van der Waals surface area contributed by atoms with Gasteiger partial charge in [0.15, 0.2) is 0 Å². The number of nitrogens with two attached hydrogens (primary N) is 1. The van der Waals surface area contributed by atoms with Crippen LogP contribution < -0.4 is 27.0 Å². The van der Waals surface area contributed by atoms with Crippen LogP contribution in [0.15, 0.2) is 36.4 Å². The smallest absolute Gasteiger partial charge is 0.261 e. The molecule has 1 aliphatic rings. The van der Waals surface area contributed by atoms with Gasteiger partial charge in [0, 0.05) is 29.6 Å². The summed E-state index contributed by atoms with van der Waals surface area (Å²) in [5.74, 6) is -0.633. The number of amides is 3. The average molecular weight is 497 g/mol. The van der Waals surface area contributed by atoms with Gasteiger partial charge in [0.05, 0.1) is 6.54 Å². The normalized spacial score (nSPS) is 13.0. The Balaban J connectivity index is 1.22. The predicted molar refractivity (Wildman–Crippen MR) is 143 cm³/mol. The molecule has 0 spiro atoms. The molecule has 3 rings (SSSR count). The summed E-state index contributed by atoms with van der Waals surface area (Å²) >= 11 is 0. The van der Waals surface area contributed by atoms with Crippen LogP contribution in [0.3, 0.4) is 0 Å². The van der Waals surface area contributed by atoms with Gasteiger partial charge < -0.3 is 27.0 Å². The number of nitrogens with one attached hydrogen (secondary N) is 4. The zero-order valence-corrected chi connectivity index (χ0v) is 21.1. The van der Waals surface area contributed by atoms with Gasteiger partial charge in [-0.3, -0.25) is 19.3 Å². The van der Waals surface area contributed by atoms with E-state index < -0.39 is 0 Å². The lowest BCUT2D eigenvalue weighted by Gasteiger charge is -2.27. The molecule has 196 valence electrons. The van der Waals surface area contributed by atoms with Crippen molar-refractivity contribution in [3.63, 3.8) is 0 Å². The van der Waals surface area contributed by atoms with E-state index in [1.165, 1.54) is 4.90 Å². The molecule has 0 atom stereocenters. The maximum absolute atomic E-state index is 12.9. The van der Waals surface area contributed by atoms with Crippen molar-refractivity contribution in [3.05, 3.63) is 47.5 Å². The van der Waals surface area contributed by atoms with Gasteiger partial charge in [-0.2, -0.15) is 0 Å². The van der Waals surface area contributed by atoms with Crippen LogP contribution in [0.2, 0.25) is 0 Å². The van der Waals surface area contributed by atoms with E-state index in [2.05, 4.69) is 21.3 Å². The van der Waals surface area contributed by atoms with Gasteiger partial charge in [-0.1, -0.05) is 24.3 Å². The minimum Gasteiger partial charge on any atom is -0.355 e. The number of hydrogen-bond donors (Lipinski definition) is 5. The number of rotatable bonds is 18. The Morgan fingerprint density at radius 2 is 1.31 bits per heavy atom. The second kappa shape index (κ2) is 15.3. The molecule has 1 heterocycles. The standard InChI is InChI=1S/C27H40N6O3/c28-12-5-15-29-13-1-2-14-30-16-6-17-31-20-24(34)32-18-7-19-33-26(35)22-10-3-8-21-9-4-11-23(25(21)22)27(33)36/h3-4,8-11,29-31H,1-2,5-7,12-20,28H2,(H,32,34). The number of nitrogens with zero attached hydrogens (tertiary/aromatic N) is 1. The molecule has 0 aliphatic carbocycles. The largest absolute Gasteiger partial charge is 0.355 e. The van der Waals surface area contributed by atoms with Crippen LogP contribution in [-0.2, 0) is 4.79 Å². The molecule has 0 aromatic heterocycles. The zero-order chi connectivity index (χ0) is 25.6. The van der Waals surface area contributed by atoms with E-state index in [9.17, 15) is 14.4 Å². The second-order valence-corrected chi connectivity index (χ2v) is 9.05. The molecule has 0 radical (unpaired) electrons. The fraction of sp³-hybridized carbons (Fsp3) is 0.519. The van der Waals surface area contributed by atoms with Crippen molar-refractivity contribution in [2.75, 3.05) is 58.9 Å². The average Bonchev–Trinajstić information content (AvgIpc) is 2.89. The summed E-state index contributed by atoms with van der Waals surface area (Å²) in [7, 11) is 0. The first-order valence-corrected chi connectivity index (χ1v) is 13.1. The third-order valence-electron chi connectivity index (χ3n) is 6.24. The first kappa shape index (κ1) is 27.7. The highest BCUT2D eigenvalue weighted by Gasteiger charge is 2.32. The number of carbonyl (C=O) groups excluding carboxylic acids is 3. The Kier molecular flexibility index (Phi) is 11.8. The Morgan fingerprint density at radius 1 is 0.722 bits per heavy atom. The topological polar surface area (TPSA) is 129 Å². The number of imide groups is 1. The van der Waals surface area contributed by atoms with Crippen LogP contribution in [0.5, 0.6) is 0 Å². The summed E-state index contributed by atoms with van der Waals surface area (Å²) in [6.07, 6.45) is 4.78. The molecule has 0 unspecified atom stereocenters. The Hall–Kier alpha value is -2.85. The van der Waals surface area contributed by atoms with E-state index in [1.807, 2.05) is 24.3 Å². The number of unbranched alkanes of at least 4 members (excludes halogenated alkanes) is 1. The van der Waals surface area contributed by atoms with Crippen LogP contribution in [0, 0.1) is 0 Å². The quantitative estimate of drug-likeness (QED) is 0.155. The Labute approximate surface area is 213 Å². The van der Waals surface area contributed by atoms with Crippen LogP contribution in [0.1, 0.15) is 52.8 Å². The molecule has 3 amide bonds. The monoisotopic (exact) mass is 496 g/mol. The van der Waals surface area contributed by atoms with Crippen molar-refractivity contribution >= 4 is 28.5 Å². The fourth-order valence-electron chi connectivity index (χ4n) is 4.33. The lowest BCUT2D eigenvalue weighted by molar-refractivity contribution is -0.120. The molecule has 1 aliphatic heterocycles. The van der Waals surface area contributed by atoms with E-state index in [0.29, 0.717) is 24.1 Å². The molecule has 0 fully saturated rings. The third kappa shape index (κ3) is 8.09. The molecular formula is C27H40N6O3. The molecule has 2 aromatic rings. The second-order valence-electron chi connectivity index (χ2n) is 9.05. The van der Waals surface area contributed by atoms with Crippen molar-refractivity contribution in [2.24, 2.45) is 5.73 Å². The van der Waals surface area contributed by atoms with Crippen LogP contribution >= 0.6 is 0 Å². The zero-order valence-electron chi connectivity index (χ0n) is 21.1. The van der Waals surface area contributed by atoms with Crippen molar-refractivity contribution in [3.8, 4) is 0 Å². The van der Waals surface area contributed by atoms with Crippen molar-refractivity contribution in [2.45, 2.75) is 32.1 Å². The number of carbonyl (C=O) groups is 3. The van der Waals surface area contributed by atoms with Gasteiger partial charge in [0.1, 0.15) is 0 Å². The summed E-state index contributed by atoms with van der Waals surface area (Å²) in [5.41, 5.74) is 6.57. The summed E-state index contributed by atoms with van der Waals surface area (Å²) in [6, 6.07) is 11.0. The van der Waals surface area contributed by atoms with Crippen LogP contribution in [-0.4, -0.2) is 81.5 Å². The molecule has 0 saturated heterocycles. The fourth-order valence-corrected chi connectivity index (χ4v) is 4.33. The molecule has 36 heavy (non-hydrogen) atoms. The van der Waals surface area contributed by atoms with Crippen molar-refractivity contribution in [1.82, 2.24) is 26.2 Å². The van der Waals surface area contributed by atoms with Crippen molar-refractivity contribution in [1.29, 1.82) is 0 Å². The van der Waals surface area contributed by atoms with Crippen molar-refractivity contribution < 1.29 is 14.4 Å². The number of benzene rings is 2. The highest BCUT2D eigenvalue weighted by Crippen LogP contribution is 2.29. The lowest BCUT2D eigenvalue weighted by Crippen LogP contribution is -2.42. The maximum Gasteiger partial charge on any atom is 0.261 e. The summed E-state index contributed by atoms with van der Waals surface area (Å²) in [6.45, 7) is 6.39. The highest BCUT2D eigenvalue weighted by molar-refractivity contribution is 6.25. The number of hydrogen-bond acceptors (Lipinski definition) is 7. The van der Waals surface area contributed by atoms with E-state index in [4.69, 9.17) is 5.73 Å². The maximum atomic E-state index is 12.9. The van der Waals surface area contributed by atoms with Gasteiger partial charge in [0.2, 0.25) is 5.91 Å². The SMILES string of the molecule is NCCCNCCCCNCCCNCC(=O)NCCCN1C(=O)c2cccc3cccc(c23)C1=O. The molecular weight excluding hydrogens is 456 g/mol. The van der Waals surface area contributed by atoms with E-state index in [-0.39, 0.29) is 30.8 Å². The van der Waals surface area contributed by atoms with E-state index in [0.717, 1.165) is 75.7 Å². The molecule has 9 nitrogen and oxygen atoms in total. The molecule has 0 bridgehead atoms. The van der Waals surface area contributed by atoms with Gasteiger partial charge in [-0.05, 0) is 88.9 Å². The summed E-state index contributed by atoms with van der Waals surface area (Å²) in [4.78, 5) is 39.1. The van der Waals surface area contributed by atoms with Gasteiger partial charge in [-0.25, -0.2) is 0 Å². The first-order chi connectivity index (χ1) is 17.6. The molecule has 2 aromatic carbocycles. The molecule has 6 N–H and O–H groups in total. The Bertz CT molecular complexity index is 961. The summed E-state index contributed by atoms with van der Waals surface area (Å²) < 4.78 is 0. The van der Waals surface area contributed by atoms with E-state index in [1.54, 1.807) is 12.1 Å². The van der Waals surface area contributed by atoms with Crippen LogP contribution in [0.4, 0.5) is 0 Å². The highest BCUT2D eigenvalue weighted by atomic mass is 16.2. The minimum absolute atomic E-state index is 0.0866. The first-order valence-electron chi connectivity index (χ1n) is 13.1. The predicted octanol–water partition coefficient (Wildman–Crippen LogP) is 1.23. The molecule has 0 saturated carbocycles. The van der Waals surface area contributed by atoms with E-state index >= 15 is 0 Å². The van der Waals surface area contributed by atoms with Gasteiger partial charge in [0.25, 0.3) is 11.8 Å². The minimum atomic E-state index is -0.273. The summed E-state index contributed by atoms with van der Waals surface area (Å²) in [5, 5.41) is 14.4. The van der Waals surface area contributed by atoms with Gasteiger partial charge >= 0.3 is 0 Å². The molecule has 9 heteroatoms. The lowest BCUT2D eigenvalue weighted by atomic mass is 9.94. The third-order valence-corrected chi connectivity index (χ3v) is 6.24. The van der Waals surface area contributed by atoms with Gasteiger partial charge in [-0.15, -0.1) is 0 Å². The Morgan fingerprint density at radius 3 is 1.94 bits per heavy atom. The van der Waals surface area contributed by atoms with Crippen LogP contribution in [0.25, 0.3) is 10.8 Å².